The highest BCUT2D eigenvalue weighted by atomic mass is 32.2. The van der Waals surface area contributed by atoms with Crippen LogP contribution < -0.4 is 5.32 Å². The Hall–Kier alpha value is -2.52. The first-order valence-corrected chi connectivity index (χ1v) is 14.2. The Labute approximate surface area is 197 Å². The van der Waals surface area contributed by atoms with E-state index in [0.717, 1.165) is 23.3 Å². The summed E-state index contributed by atoms with van der Waals surface area (Å²) in [4.78, 5) is 26.7. The standard InChI is InChI=1S/C24H27N3O4S2/c28-22-10-9-20(26-27(22)19-11-13-33(30,31)15-19)24(29)25-23(21-6-3-12-32-21)18-8-7-16-4-1-2-5-17(16)14-18/h3,6-8,12,14,19,23H,1-2,4-5,9-11,13,15H2,(H,25,29)/t19-,23-/m0/s1. The maximum atomic E-state index is 13.3. The normalized spacial score (nSPS) is 23.0. The van der Waals surface area contributed by atoms with Gasteiger partial charge in [0.2, 0.25) is 5.91 Å². The molecular weight excluding hydrogens is 458 g/mol. The highest BCUT2D eigenvalue weighted by Gasteiger charge is 2.37. The largest absolute Gasteiger partial charge is 0.339 e. The van der Waals surface area contributed by atoms with Crippen molar-refractivity contribution in [1.82, 2.24) is 10.3 Å². The molecule has 3 heterocycles. The number of thiophene rings is 1. The smallest absolute Gasteiger partial charge is 0.268 e. The summed E-state index contributed by atoms with van der Waals surface area (Å²) in [6.07, 6.45) is 5.33. The number of sulfone groups is 1. The molecule has 2 atom stereocenters. The molecule has 0 bridgehead atoms. The molecule has 174 valence electrons. The molecule has 33 heavy (non-hydrogen) atoms. The fourth-order valence-corrected chi connectivity index (χ4v) is 7.40. The van der Waals surface area contributed by atoms with Gasteiger partial charge in [-0.05, 0) is 60.2 Å². The Bertz CT molecular complexity index is 1200. The molecule has 0 spiro atoms. The summed E-state index contributed by atoms with van der Waals surface area (Å²) in [5.74, 6) is -0.580. The molecule has 1 fully saturated rings. The first kappa shape index (κ1) is 22.3. The van der Waals surface area contributed by atoms with Gasteiger partial charge in [-0.15, -0.1) is 11.3 Å². The lowest BCUT2D eigenvalue weighted by Crippen LogP contribution is -2.44. The van der Waals surface area contributed by atoms with Gasteiger partial charge in [-0.3, -0.25) is 9.59 Å². The lowest BCUT2D eigenvalue weighted by Gasteiger charge is -2.28. The number of nitrogens with one attached hydrogen (secondary N) is 1. The molecule has 1 aliphatic carbocycles. The molecule has 9 heteroatoms. The number of amides is 2. The van der Waals surface area contributed by atoms with Gasteiger partial charge >= 0.3 is 0 Å². The Morgan fingerprint density at radius 1 is 1.12 bits per heavy atom. The zero-order valence-electron chi connectivity index (χ0n) is 18.3. The number of benzene rings is 1. The van der Waals surface area contributed by atoms with E-state index < -0.39 is 15.9 Å². The van der Waals surface area contributed by atoms with Crippen molar-refractivity contribution in [2.45, 2.75) is 57.0 Å². The van der Waals surface area contributed by atoms with Crippen molar-refractivity contribution in [2.24, 2.45) is 5.10 Å². The highest BCUT2D eigenvalue weighted by Crippen LogP contribution is 2.30. The van der Waals surface area contributed by atoms with Crippen molar-refractivity contribution in [3.8, 4) is 0 Å². The van der Waals surface area contributed by atoms with Crippen LogP contribution in [-0.4, -0.2) is 48.5 Å². The zero-order chi connectivity index (χ0) is 23.0. The van der Waals surface area contributed by atoms with Crippen LogP contribution >= 0.6 is 11.3 Å². The van der Waals surface area contributed by atoms with Crippen LogP contribution in [0.25, 0.3) is 0 Å². The number of fused-ring (bicyclic) bond motifs is 1. The van der Waals surface area contributed by atoms with Gasteiger partial charge in [-0.1, -0.05) is 24.3 Å². The van der Waals surface area contributed by atoms with E-state index in [0.29, 0.717) is 6.42 Å². The molecule has 2 aromatic rings. The quantitative estimate of drug-likeness (QED) is 0.704. The van der Waals surface area contributed by atoms with Crippen molar-refractivity contribution in [3.63, 3.8) is 0 Å². The number of rotatable bonds is 5. The maximum Gasteiger partial charge on any atom is 0.268 e. The van der Waals surface area contributed by atoms with Crippen LogP contribution in [0.2, 0.25) is 0 Å². The maximum absolute atomic E-state index is 13.3. The number of carbonyl (C=O) groups excluding carboxylic acids is 2. The summed E-state index contributed by atoms with van der Waals surface area (Å²) in [6, 6.07) is 9.67. The van der Waals surface area contributed by atoms with E-state index in [9.17, 15) is 18.0 Å². The summed E-state index contributed by atoms with van der Waals surface area (Å²) < 4.78 is 23.8. The van der Waals surface area contributed by atoms with Gasteiger partial charge in [0.25, 0.3) is 5.91 Å². The molecule has 1 aromatic heterocycles. The number of carbonyl (C=O) groups is 2. The number of hydrazone groups is 1. The van der Waals surface area contributed by atoms with Crippen LogP contribution in [0.3, 0.4) is 0 Å². The number of hydrogen-bond acceptors (Lipinski definition) is 6. The minimum Gasteiger partial charge on any atom is -0.339 e. The summed E-state index contributed by atoms with van der Waals surface area (Å²) >= 11 is 1.59. The van der Waals surface area contributed by atoms with Crippen LogP contribution in [0.15, 0.2) is 40.8 Å². The summed E-state index contributed by atoms with van der Waals surface area (Å²) in [6.45, 7) is 0. The van der Waals surface area contributed by atoms with E-state index >= 15 is 0 Å². The van der Waals surface area contributed by atoms with E-state index in [2.05, 4.69) is 28.6 Å². The second kappa shape index (κ2) is 9.02. The van der Waals surface area contributed by atoms with Crippen LogP contribution in [-0.2, 0) is 32.3 Å². The predicted molar refractivity (Wildman–Crippen MR) is 128 cm³/mol. The van der Waals surface area contributed by atoms with Crippen molar-refractivity contribution in [3.05, 3.63) is 57.3 Å². The first-order chi connectivity index (χ1) is 15.9. The molecule has 0 saturated carbocycles. The molecule has 0 unspecified atom stereocenters. The fraction of sp³-hybridized carbons (Fsp3) is 0.458. The minimum absolute atomic E-state index is 0.0529. The molecular formula is C24H27N3O4S2. The van der Waals surface area contributed by atoms with Gasteiger partial charge in [-0.2, -0.15) is 5.10 Å². The average molecular weight is 486 g/mol. The number of hydrogen-bond donors (Lipinski definition) is 1. The van der Waals surface area contributed by atoms with Crippen LogP contribution in [0.4, 0.5) is 0 Å². The van der Waals surface area contributed by atoms with Crippen molar-refractivity contribution < 1.29 is 18.0 Å². The third kappa shape index (κ3) is 4.75. The molecule has 1 N–H and O–H groups in total. The van der Waals surface area contributed by atoms with Crippen LogP contribution in [0.1, 0.15) is 59.7 Å². The molecule has 1 aromatic carbocycles. The SMILES string of the molecule is O=C(N[C@@H](c1ccc2c(c1)CCCC2)c1cccs1)C1=NN([C@H]2CCS(=O)(=O)C2)C(=O)CC1. The van der Waals surface area contributed by atoms with Gasteiger partial charge in [-0.25, -0.2) is 13.4 Å². The Morgan fingerprint density at radius 2 is 1.94 bits per heavy atom. The van der Waals surface area contributed by atoms with Crippen LogP contribution in [0.5, 0.6) is 0 Å². The van der Waals surface area contributed by atoms with Gasteiger partial charge in [0.05, 0.1) is 23.6 Å². The van der Waals surface area contributed by atoms with Crippen molar-refractivity contribution >= 4 is 38.7 Å². The first-order valence-electron chi connectivity index (χ1n) is 11.5. The summed E-state index contributed by atoms with van der Waals surface area (Å²) in [5.41, 5.74) is 4.05. The molecule has 3 aliphatic rings. The van der Waals surface area contributed by atoms with Crippen LogP contribution in [0, 0.1) is 0 Å². The Morgan fingerprint density at radius 3 is 2.67 bits per heavy atom. The third-order valence-corrected chi connectivity index (χ3v) is 9.37. The molecule has 2 amide bonds. The second-order valence-corrected chi connectivity index (χ2v) is 12.2. The average Bonchev–Trinajstić information content (AvgIpc) is 3.47. The highest BCUT2D eigenvalue weighted by molar-refractivity contribution is 7.91. The molecule has 7 nitrogen and oxygen atoms in total. The molecule has 1 saturated heterocycles. The van der Waals surface area contributed by atoms with E-state index in [1.165, 1.54) is 29.0 Å². The minimum atomic E-state index is -3.16. The van der Waals surface area contributed by atoms with E-state index in [-0.39, 0.29) is 47.9 Å². The van der Waals surface area contributed by atoms with E-state index in [1.807, 2.05) is 17.5 Å². The molecule has 2 aliphatic heterocycles. The van der Waals surface area contributed by atoms with Gasteiger partial charge in [0.1, 0.15) is 5.71 Å². The number of aryl methyl sites for hydroxylation is 2. The monoisotopic (exact) mass is 485 g/mol. The zero-order valence-corrected chi connectivity index (χ0v) is 20.0. The predicted octanol–water partition coefficient (Wildman–Crippen LogP) is 3.00. The molecule has 5 rings (SSSR count). The van der Waals surface area contributed by atoms with Gasteiger partial charge in [0.15, 0.2) is 9.84 Å². The number of nitrogens with zero attached hydrogens (tertiary/aromatic N) is 2. The lowest BCUT2D eigenvalue weighted by atomic mass is 9.89. The van der Waals surface area contributed by atoms with E-state index in [4.69, 9.17) is 0 Å². The fourth-order valence-electron chi connectivity index (χ4n) is 4.91. The van der Waals surface area contributed by atoms with Gasteiger partial charge in [0, 0.05) is 17.7 Å². The summed E-state index contributed by atoms with van der Waals surface area (Å²) in [7, 11) is -3.16. The molecule has 0 radical (unpaired) electrons. The van der Waals surface area contributed by atoms with Crippen molar-refractivity contribution in [1.29, 1.82) is 0 Å². The lowest BCUT2D eigenvalue weighted by molar-refractivity contribution is -0.133. The Balaban J connectivity index is 1.40. The van der Waals surface area contributed by atoms with E-state index in [1.54, 1.807) is 11.3 Å². The Kier molecular flexibility index (Phi) is 6.09. The van der Waals surface area contributed by atoms with Gasteiger partial charge < -0.3 is 5.32 Å². The van der Waals surface area contributed by atoms with Crippen molar-refractivity contribution in [2.75, 3.05) is 11.5 Å². The topological polar surface area (TPSA) is 95.9 Å². The second-order valence-electron chi connectivity index (χ2n) is 9.00. The summed E-state index contributed by atoms with van der Waals surface area (Å²) in [5, 5.41) is 10.7. The third-order valence-electron chi connectivity index (χ3n) is 6.69.